The molecule has 0 N–H and O–H groups in total. The fourth-order valence-corrected chi connectivity index (χ4v) is 1.76. The Bertz CT molecular complexity index is 558. The maximum Gasteiger partial charge on any atom is 0.163 e. The summed E-state index contributed by atoms with van der Waals surface area (Å²) in [6.07, 6.45) is 0. The van der Waals surface area contributed by atoms with Crippen molar-refractivity contribution in [3.05, 3.63) is 42.0 Å². The minimum atomic E-state index is -0.0908. The van der Waals surface area contributed by atoms with Crippen molar-refractivity contribution >= 4 is 0 Å². The van der Waals surface area contributed by atoms with Crippen LogP contribution >= 0.6 is 0 Å². The van der Waals surface area contributed by atoms with Gasteiger partial charge < -0.3 is 0 Å². The van der Waals surface area contributed by atoms with Gasteiger partial charge in [0.1, 0.15) is 11.6 Å². The molecule has 0 saturated heterocycles. The number of nitrogens with zero attached hydrogens (tertiary/aromatic N) is 3. The summed E-state index contributed by atoms with van der Waals surface area (Å²) in [6, 6.07) is 10.1. The second-order valence-electron chi connectivity index (χ2n) is 7.17. The second-order valence-corrected chi connectivity index (χ2v) is 7.17. The van der Waals surface area contributed by atoms with Gasteiger partial charge in [-0.1, -0.05) is 71.9 Å². The van der Waals surface area contributed by atoms with Crippen molar-refractivity contribution in [2.75, 3.05) is 0 Å². The lowest BCUT2D eigenvalue weighted by Crippen LogP contribution is -2.24. The van der Waals surface area contributed by atoms with Crippen molar-refractivity contribution in [2.24, 2.45) is 0 Å². The Kier molecular flexibility index (Phi) is 3.63. The maximum atomic E-state index is 4.68. The first-order valence-corrected chi connectivity index (χ1v) is 7.00. The summed E-state index contributed by atoms with van der Waals surface area (Å²) in [6.45, 7) is 12.8. The van der Waals surface area contributed by atoms with E-state index in [1.807, 2.05) is 30.3 Å². The van der Waals surface area contributed by atoms with E-state index in [9.17, 15) is 0 Å². The molecule has 2 rings (SSSR count). The van der Waals surface area contributed by atoms with Crippen molar-refractivity contribution in [1.82, 2.24) is 15.0 Å². The van der Waals surface area contributed by atoms with E-state index in [1.54, 1.807) is 0 Å². The molecule has 0 radical (unpaired) electrons. The molecule has 3 heteroatoms. The van der Waals surface area contributed by atoms with Gasteiger partial charge in [0, 0.05) is 16.4 Å². The molecule has 0 aliphatic heterocycles. The van der Waals surface area contributed by atoms with Gasteiger partial charge in [0.05, 0.1) is 0 Å². The molecule has 3 nitrogen and oxygen atoms in total. The highest BCUT2D eigenvalue weighted by molar-refractivity contribution is 5.54. The number of rotatable bonds is 1. The molecule has 2 aromatic rings. The van der Waals surface area contributed by atoms with Crippen molar-refractivity contribution < 1.29 is 0 Å². The number of hydrogen-bond acceptors (Lipinski definition) is 3. The van der Waals surface area contributed by atoms with Crippen LogP contribution in [-0.4, -0.2) is 15.0 Å². The van der Waals surface area contributed by atoms with E-state index in [1.165, 1.54) is 0 Å². The summed E-state index contributed by atoms with van der Waals surface area (Å²) in [5, 5.41) is 0. The molecule has 0 aliphatic rings. The number of aromatic nitrogens is 3. The van der Waals surface area contributed by atoms with Gasteiger partial charge in [0.15, 0.2) is 5.82 Å². The Hall–Kier alpha value is -1.77. The molecule has 0 spiro atoms. The summed E-state index contributed by atoms with van der Waals surface area (Å²) < 4.78 is 0. The lowest BCUT2D eigenvalue weighted by Gasteiger charge is -2.22. The van der Waals surface area contributed by atoms with Crippen LogP contribution in [-0.2, 0) is 10.8 Å². The molecule has 106 valence electrons. The third kappa shape index (κ3) is 3.21. The van der Waals surface area contributed by atoms with Crippen molar-refractivity contribution in [3.63, 3.8) is 0 Å². The Balaban J connectivity index is 2.64. The van der Waals surface area contributed by atoms with Crippen LogP contribution < -0.4 is 0 Å². The summed E-state index contributed by atoms with van der Waals surface area (Å²) in [4.78, 5) is 14.0. The van der Waals surface area contributed by atoms with Gasteiger partial charge in [-0.25, -0.2) is 15.0 Å². The average molecular weight is 269 g/mol. The van der Waals surface area contributed by atoms with Crippen molar-refractivity contribution in [1.29, 1.82) is 0 Å². The number of benzene rings is 1. The molecule has 0 aliphatic carbocycles. The molecular weight excluding hydrogens is 246 g/mol. The zero-order chi connectivity index (χ0) is 15.0. The zero-order valence-corrected chi connectivity index (χ0v) is 13.2. The van der Waals surface area contributed by atoms with E-state index in [-0.39, 0.29) is 10.8 Å². The molecule has 0 bridgehead atoms. The standard InChI is InChI=1S/C17H23N3/c1-16(2,3)14-18-13(12-10-8-7-9-11-12)19-15(20-14)17(4,5)6/h7-11H,1-6H3. The smallest absolute Gasteiger partial charge is 0.163 e. The van der Waals surface area contributed by atoms with E-state index in [0.717, 1.165) is 23.0 Å². The van der Waals surface area contributed by atoms with Gasteiger partial charge in [0.25, 0.3) is 0 Å². The minimum Gasteiger partial charge on any atom is -0.217 e. The first-order valence-electron chi connectivity index (χ1n) is 7.00. The molecule has 0 unspecified atom stereocenters. The largest absolute Gasteiger partial charge is 0.217 e. The number of hydrogen-bond donors (Lipinski definition) is 0. The lowest BCUT2D eigenvalue weighted by molar-refractivity contribution is 0.497. The Morgan fingerprint density at radius 2 is 1.10 bits per heavy atom. The van der Waals surface area contributed by atoms with Crippen LogP contribution in [0.3, 0.4) is 0 Å². The van der Waals surface area contributed by atoms with Gasteiger partial charge in [0.2, 0.25) is 0 Å². The molecule has 1 heterocycles. The molecule has 0 atom stereocenters. The maximum absolute atomic E-state index is 4.68. The van der Waals surface area contributed by atoms with Crippen LogP contribution in [0.25, 0.3) is 11.4 Å². The van der Waals surface area contributed by atoms with Gasteiger partial charge >= 0.3 is 0 Å². The quantitative estimate of drug-likeness (QED) is 0.781. The highest BCUT2D eigenvalue weighted by atomic mass is 15.0. The topological polar surface area (TPSA) is 38.7 Å². The van der Waals surface area contributed by atoms with Crippen LogP contribution in [0.4, 0.5) is 0 Å². The molecule has 1 aromatic heterocycles. The third-order valence-corrected chi connectivity index (χ3v) is 3.01. The molecule has 1 aromatic carbocycles. The average Bonchev–Trinajstić information content (AvgIpc) is 2.37. The third-order valence-electron chi connectivity index (χ3n) is 3.01. The van der Waals surface area contributed by atoms with Crippen LogP contribution in [0.2, 0.25) is 0 Å². The Morgan fingerprint density at radius 3 is 1.50 bits per heavy atom. The summed E-state index contributed by atoms with van der Waals surface area (Å²) >= 11 is 0. The van der Waals surface area contributed by atoms with Crippen LogP contribution in [0.1, 0.15) is 53.2 Å². The first-order chi connectivity index (χ1) is 9.18. The normalized spacial score (nSPS) is 12.5. The molecule has 0 fully saturated rings. The van der Waals surface area contributed by atoms with Gasteiger partial charge in [-0.3, -0.25) is 0 Å². The first kappa shape index (κ1) is 14.6. The van der Waals surface area contributed by atoms with Crippen LogP contribution in [0, 0.1) is 0 Å². The second kappa shape index (κ2) is 4.97. The van der Waals surface area contributed by atoms with E-state index in [2.05, 4.69) is 56.5 Å². The zero-order valence-electron chi connectivity index (χ0n) is 13.2. The minimum absolute atomic E-state index is 0.0908. The highest BCUT2D eigenvalue weighted by Gasteiger charge is 2.25. The monoisotopic (exact) mass is 269 g/mol. The Labute approximate surface area is 121 Å². The summed E-state index contributed by atoms with van der Waals surface area (Å²) in [7, 11) is 0. The fraction of sp³-hybridized carbons (Fsp3) is 0.471. The predicted molar refractivity (Wildman–Crippen MR) is 82.7 cm³/mol. The molecule has 0 saturated carbocycles. The molecule has 0 amide bonds. The van der Waals surface area contributed by atoms with Gasteiger partial charge in [-0.2, -0.15) is 0 Å². The predicted octanol–water partition coefficient (Wildman–Crippen LogP) is 4.13. The molecule has 20 heavy (non-hydrogen) atoms. The SMILES string of the molecule is CC(C)(C)c1nc(-c2ccccc2)nc(C(C)(C)C)n1. The fourth-order valence-electron chi connectivity index (χ4n) is 1.76. The van der Waals surface area contributed by atoms with Crippen LogP contribution in [0.15, 0.2) is 30.3 Å². The lowest BCUT2D eigenvalue weighted by atomic mass is 9.93. The van der Waals surface area contributed by atoms with Crippen molar-refractivity contribution in [3.8, 4) is 11.4 Å². The van der Waals surface area contributed by atoms with Gasteiger partial charge in [-0.15, -0.1) is 0 Å². The highest BCUT2D eigenvalue weighted by Crippen LogP contribution is 2.26. The van der Waals surface area contributed by atoms with E-state index in [0.29, 0.717) is 0 Å². The van der Waals surface area contributed by atoms with Crippen molar-refractivity contribution in [2.45, 2.75) is 52.4 Å². The van der Waals surface area contributed by atoms with Gasteiger partial charge in [-0.05, 0) is 0 Å². The molecular formula is C17H23N3. The summed E-state index contributed by atoms with van der Waals surface area (Å²) in [5.74, 6) is 2.45. The van der Waals surface area contributed by atoms with E-state index in [4.69, 9.17) is 0 Å². The van der Waals surface area contributed by atoms with E-state index < -0.39 is 0 Å². The van der Waals surface area contributed by atoms with E-state index >= 15 is 0 Å². The van der Waals surface area contributed by atoms with Crippen LogP contribution in [0.5, 0.6) is 0 Å². The summed E-state index contributed by atoms with van der Waals surface area (Å²) in [5.41, 5.74) is 0.852. The Morgan fingerprint density at radius 1 is 0.650 bits per heavy atom.